The van der Waals surface area contributed by atoms with E-state index in [2.05, 4.69) is 146 Å². The number of rotatable bonds is 2. The molecule has 0 atom stereocenters. The molecular weight excluding hydrogens is 569 g/mol. The highest BCUT2D eigenvalue weighted by atomic mass is 32.1. The summed E-state index contributed by atoms with van der Waals surface area (Å²) in [6.45, 7) is 0. The number of hydrogen-bond acceptors (Lipinski definition) is 2. The summed E-state index contributed by atoms with van der Waals surface area (Å²) in [5.74, 6) is 0. The third-order valence-corrected chi connectivity index (χ3v) is 11.5. The summed E-state index contributed by atoms with van der Waals surface area (Å²) in [7, 11) is 0. The quantitative estimate of drug-likeness (QED) is 0.175. The molecule has 0 aliphatic carbocycles. The number of thiophene rings is 2. The molecule has 2 heteroatoms. The predicted molar refractivity (Wildman–Crippen MR) is 196 cm³/mol. The largest absolute Gasteiger partial charge is 0.135 e. The molecule has 10 aromatic rings. The second kappa shape index (κ2) is 9.24. The number of fused-ring (bicyclic) bond motifs is 9. The van der Waals surface area contributed by atoms with E-state index in [4.69, 9.17) is 0 Å². The van der Waals surface area contributed by atoms with Crippen molar-refractivity contribution >= 4 is 95.3 Å². The van der Waals surface area contributed by atoms with Gasteiger partial charge in [-0.3, -0.25) is 0 Å². The van der Waals surface area contributed by atoms with Gasteiger partial charge in [0, 0.05) is 40.3 Å². The first kappa shape index (κ1) is 24.4. The van der Waals surface area contributed by atoms with Crippen LogP contribution >= 0.6 is 22.7 Å². The minimum Gasteiger partial charge on any atom is -0.135 e. The lowest BCUT2D eigenvalue weighted by Crippen LogP contribution is -1.90. The van der Waals surface area contributed by atoms with Crippen LogP contribution in [0.5, 0.6) is 0 Å². The molecular formula is C42H24S2. The van der Waals surface area contributed by atoms with Crippen molar-refractivity contribution < 1.29 is 0 Å². The Hall–Kier alpha value is -5.02. The lowest BCUT2D eigenvalue weighted by molar-refractivity contribution is 1.69. The predicted octanol–water partition coefficient (Wildman–Crippen LogP) is 13.2. The van der Waals surface area contributed by atoms with Gasteiger partial charge in [0.05, 0.1) is 0 Å². The van der Waals surface area contributed by atoms with E-state index in [1.165, 1.54) is 94.9 Å². The maximum Gasteiger partial charge on any atom is 0.0369 e. The van der Waals surface area contributed by atoms with Gasteiger partial charge in [0.25, 0.3) is 0 Å². The molecule has 204 valence electrons. The molecule has 0 aliphatic heterocycles. The minimum atomic E-state index is 1.26. The van der Waals surface area contributed by atoms with E-state index < -0.39 is 0 Å². The van der Waals surface area contributed by atoms with Crippen LogP contribution in [0.2, 0.25) is 0 Å². The summed E-state index contributed by atoms with van der Waals surface area (Å²) in [5.41, 5.74) is 5.15. The molecule has 0 spiro atoms. The SMILES string of the molecule is c1ccc2cc(-c3c4ccccc4c(-c4ccc5c(c4)sc4cc6sc7ccccc7c6cc45)c4ccccc34)ccc2c1. The molecule has 0 amide bonds. The van der Waals surface area contributed by atoms with Crippen molar-refractivity contribution in [2.45, 2.75) is 0 Å². The minimum absolute atomic E-state index is 1.26. The average Bonchev–Trinajstić information content (AvgIpc) is 3.62. The van der Waals surface area contributed by atoms with Gasteiger partial charge in [0.2, 0.25) is 0 Å². The van der Waals surface area contributed by atoms with Crippen molar-refractivity contribution in [3.63, 3.8) is 0 Å². The van der Waals surface area contributed by atoms with E-state index in [1.807, 2.05) is 22.7 Å². The second-order valence-corrected chi connectivity index (χ2v) is 13.8. The zero-order valence-electron chi connectivity index (χ0n) is 23.7. The van der Waals surface area contributed by atoms with Crippen LogP contribution in [0.25, 0.3) is 94.9 Å². The number of benzene rings is 8. The topological polar surface area (TPSA) is 0 Å². The maximum absolute atomic E-state index is 2.43. The van der Waals surface area contributed by atoms with Gasteiger partial charge >= 0.3 is 0 Å². The summed E-state index contributed by atoms with van der Waals surface area (Å²) < 4.78 is 5.42. The van der Waals surface area contributed by atoms with Gasteiger partial charge in [-0.05, 0) is 84.9 Å². The Balaban J connectivity index is 1.24. The van der Waals surface area contributed by atoms with Crippen LogP contribution in [-0.2, 0) is 0 Å². The van der Waals surface area contributed by atoms with Crippen molar-refractivity contribution in [3.05, 3.63) is 146 Å². The summed E-state index contributed by atoms with van der Waals surface area (Å²) in [5, 5.41) is 13.1. The molecule has 2 heterocycles. The molecule has 0 saturated heterocycles. The maximum atomic E-state index is 2.43. The highest BCUT2D eigenvalue weighted by molar-refractivity contribution is 7.28. The van der Waals surface area contributed by atoms with Crippen molar-refractivity contribution in [2.24, 2.45) is 0 Å². The molecule has 44 heavy (non-hydrogen) atoms. The van der Waals surface area contributed by atoms with Crippen LogP contribution in [0.15, 0.2) is 146 Å². The highest BCUT2D eigenvalue weighted by Gasteiger charge is 2.18. The first-order valence-electron chi connectivity index (χ1n) is 15.0. The Morgan fingerprint density at radius 2 is 0.750 bits per heavy atom. The fraction of sp³-hybridized carbons (Fsp3) is 0. The molecule has 0 N–H and O–H groups in total. The first-order valence-corrected chi connectivity index (χ1v) is 16.6. The highest BCUT2D eigenvalue weighted by Crippen LogP contribution is 2.46. The average molecular weight is 593 g/mol. The van der Waals surface area contributed by atoms with E-state index in [0.29, 0.717) is 0 Å². The van der Waals surface area contributed by atoms with Gasteiger partial charge < -0.3 is 0 Å². The number of hydrogen-bond donors (Lipinski definition) is 0. The van der Waals surface area contributed by atoms with Crippen molar-refractivity contribution in [2.75, 3.05) is 0 Å². The van der Waals surface area contributed by atoms with E-state index >= 15 is 0 Å². The van der Waals surface area contributed by atoms with E-state index in [1.54, 1.807) is 0 Å². The van der Waals surface area contributed by atoms with Gasteiger partial charge in [0.15, 0.2) is 0 Å². The fourth-order valence-corrected chi connectivity index (χ4v) is 9.61. The summed E-state index contributed by atoms with van der Waals surface area (Å²) in [6.07, 6.45) is 0. The van der Waals surface area contributed by atoms with Crippen LogP contribution in [0.3, 0.4) is 0 Å². The van der Waals surface area contributed by atoms with Crippen molar-refractivity contribution in [3.8, 4) is 22.3 Å². The van der Waals surface area contributed by atoms with E-state index in [-0.39, 0.29) is 0 Å². The smallest absolute Gasteiger partial charge is 0.0369 e. The fourth-order valence-electron chi connectivity index (χ4n) is 7.25. The third-order valence-electron chi connectivity index (χ3n) is 9.23. The monoisotopic (exact) mass is 592 g/mol. The van der Waals surface area contributed by atoms with Crippen LogP contribution in [0.4, 0.5) is 0 Å². The third kappa shape index (κ3) is 3.50. The van der Waals surface area contributed by atoms with Crippen molar-refractivity contribution in [1.29, 1.82) is 0 Å². The molecule has 0 nitrogen and oxygen atoms in total. The summed E-state index contributed by atoms with van der Waals surface area (Å²) in [6, 6.07) is 54.2. The molecule has 8 aromatic carbocycles. The lowest BCUT2D eigenvalue weighted by Gasteiger charge is -2.18. The van der Waals surface area contributed by atoms with Gasteiger partial charge in [-0.2, -0.15) is 0 Å². The van der Waals surface area contributed by atoms with E-state index in [9.17, 15) is 0 Å². The zero-order valence-corrected chi connectivity index (χ0v) is 25.3. The van der Waals surface area contributed by atoms with Gasteiger partial charge in [-0.25, -0.2) is 0 Å². The molecule has 0 radical (unpaired) electrons. The molecule has 0 aliphatic rings. The molecule has 0 fully saturated rings. The standard InChI is InChI=1S/C42H24S2/c1-2-10-26-21-27(18-17-25(26)9-1)41-31-12-3-5-14-33(31)42(34-15-6-4-13-32(34)41)28-19-20-30-36-23-35-29-11-7-8-16-37(29)43-39(35)24-40(36)44-38(30)22-28/h1-24H. The Morgan fingerprint density at radius 1 is 0.273 bits per heavy atom. The molecule has 10 rings (SSSR count). The van der Waals surface area contributed by atoms with Gasteiger partial charge in [0.1, 0.15) is 0 Å². The van der Waals surface area contributed by atoms with Crippen LogP contribution in [0.1, 0.15) is 0 Å². The van der Waals surface area contributed by atoms with Crippen LogP contribution in [-0.4, -0.2) is 0 Å². The van der Waals surface area contributed by atoms with Gasteiger partial charge in [-0.1, -0.05) is 115 Å². The summed E-state index contributed by atoms with van der Waals surface area (Å²) in [4.78, 5) is 0. The molecule has 0 bridgehead atoms. The summed E-state index contributed by atoms with van der Waals surface area (Å²) >= 11 is 3.81. The van der Waals surface area contributed by atoms with E-state index in [0.717, 1.165) is 0 Å². The Morgan fingerprint density at radius 3 is 1.43 bits per heavy atom. The normalized spacial score (nSPS) is 12.1. The lowest BCUT2D eigenvalue weighted by atomic mass is 9.85. The van der Waals surface area contributed by atoms with Crippen LogP contribution < -0.4 is 0 Å². The zero-order chi connectivity index (χ0) is 28.8. The molecule has 0 saturated carbocycles. The van der Waals surface area contributed by atoms with Crippen molar-refractivity contribution in [1.82, 2.24) is 0 Å². The first-order chi connectivity index (χ1) is 21.8. The van der Waals surface area contributed by atoms with Gasteiger partial charge in [-0.15, -0.1) is 22.7 Å². The second-order valence-electron chi connectivity index (χ2n) is 11.7. The molecule has 2 aromatic heterocycles. The Labute approximate surface area is 262 Å². The Bertz CT molecular complexity index is 2720. The van der Waals surface area contributed by atoms with Crippen LogP contribution in [0, 0.1) is 0 Å². The molecule has 0 unspecified atom stereocenters. The Kier molecular flexibility index (Phi) is 5.13.